The molecule has 1 heterocycles. The van der Waals surface area contributed by atoms with Crippen LogP contribution in [0.3, 0.4) is 0 Å². The summed E-state index contributed by atoms with van der Waals surface area (Å²) >= 11 is 3.35. The van der Waals surface area contributed by atoms with Crippen LogP contribution in [0.25, 0.3) is 0 Å². The molecule has 26 heavy (non-hydrogen) atoms. The van der Waals surface area contributed by atoms with Crippen molar-refractivity contribution in [2.45, 2.75) is 45.1 Å². The third kappa shape index (κ3) is 3.08. The summed E-state index contributed by atoms with van der Waals surface area (Å²) in [6.07, 6.45) is 4.51. The second-order valence-electron chi connectivity index (χ2n) is 6.59. The highest BCUT2D eigenvalue weighted by atomic mass is 79.9. The van der Waals surface area contributed by atoms with Gasteiger partial charge in [0.05, 0.1) is 5.56 Å². The second-order valence-corrected chi connectivity index (χ2v) is 7.44. The molecule has 6 heteroatoms. The minimum atomic E-state index is -0.516. The van der Waals surface area contributed by atoms with Gasteiger partial charge in [-0.3, -0.25) is 14.2 Å². The first-order valence-electron chi connectivity index (χ1n) is 8.64. The van der Waals surface area contributed by atoms with E-state index in [0.717, 1.165) is 32.1 Å². The third-order valence-electron chi connectivity index (χ3n) is 5.03. The van der Waals surface area contributed by atoms with Gasteiger partial charge in [0.1, 0.15) is 11.6 Å². The zero-order chi connectivity index (χ0) is 18.8. The maximum atomic E-state index is 13.1. The van der Waals surface area contributed by atoms with Crippen LogP contribution in [0.2, 0.25) is 0 Å². The Morgan fingerprint density at radius 2 is 1.92 bits per heavy atom. The molecule has 0 amide bonds. The van der Waals surface area contributed by atoms with Gasteiger partial charge in [-0.1, -0.05) is 47.3 Å². The first-order chi connectivity index (χ1) is 12.5. The van der Waals surface area contributed by atoms with Gasteiger partial charge in [-0.25, -0.2) is 0 Å². The molecule has 1 saturated carbocycles. The quantitative estimate of drug-likeness (QED) is 0.761. The molecule has 1 N–H and O–H groups in total. The standard InChI is InChI=1S/C20H19BrN2O3/c1-12-15(11-22)19(25)23(13-7-3-2-4-8-13)20(26)17(12)18(24)14-9-5-6-10-16(14)21/h5-6,9-10,13,26H,2-4,7-8H2,1H3. The van der Waals surface area contributed by atoms with Gasteiger partial charge in [-0.15, -0.1) is 0 Å². The van der Waals surface area contributed by atoms with E-state index >= 15 is 0 Å². The summed E-state index contributed by atoms with van der Waals surface area (Å²) in [5.74, 6) is -0.743. The summed E-state index contributed by atoms with van der Waals surface area (Å²) in [5.41, 5.74) is 0.0342. The lowest BCUT2D eigenvalue weighted by atomic mass is 9.93. The zero-order valence-electron chi connectivity index (χ0n) is 14.5. The number of ketones is 1. The van der Waals surface area contributed by atoms with Crippen LogP contribution >= 0.6 is 15.9 Å². The lowest BCUT2D eigenvalue weighted by Gasteiger charge is -2.26. The Balaban J connectivity index is 2.25. The molecule has 0 unspecified atom stereocenters. The molecular weight excluding hydrogens is 396 g/mol. The van der Waals surface area contributed by atoms with Crippen molar-refractivity contribution >= 4 is 21.7 Å². The number of aromatic nitrogens is 1. The highest BCUT2D eigenvalue weighted by molar-refractivity contribution is 9.10. The molecule has 1 aliphatic carbocycles. The van der Waals surface area contributed by atoms with Crippen LogP contribution in [-0.2, 0) is 0 Å². The normalized spacial score (nSPS) is 14.8. The van der Waals surface area contributed by atoms with Gasteiger partial charge < -0.3 is 5.11 Å². The van der Waals surface area contributed by atoms with Crippen molar-refractivity contribution in [3.8, 4) is 11.9 Å². The van der Waals surface area contributed by atoms with Crippen molar-refractivity contribution in [3.63, 3.8) is 0 Å². The van der Waals surface area contributed by atoms with Gasteiger partial charge in [-0.05, 0) is 37.5 Å². The van der Waals surface area contributed by atoms with Crippen molar-refractivity contribution < 1.29 is 9.90 Å². The maximum absolute atomic E-state index is 13.1. The maximum Gasteiger partial charge on any atom is 0.271 e. The van der Waals surface area contributed by atoms with Gasteiger partial charge >= 0.3 is 0 Å². The highest BCUT2D eigenvalue weighted by Gasteiger charge is 2.29. The Hall–Kier alpha value is -2.39. The minimum absolute atomic E-state index is 0.0265. The van der Waals surface area contributed by atoms with Crippen LogP contribution in [0.5, 0.6) is 5.88 Å². The van der Waals surface area contributed by atoms with Gasteiger partial charge in [-0.2, -0.15) is 5.26 Å². The Kier molecular flexibility index (Phi) is 5.28. The van der Waals surface area contributed by atoms with E-state index in [1.54, 1.807) is 24.3 Å². The van der Waals surface area contributed by atoms with E-state index in [1.165, 1.54) is 11.5 Å². The van der Waals surface area contributed by atoms with Crippen LogP contribution < -0.4 is 5.56 Å². The Bertz CT molecular complexity index is 966. The molecule has 0 atom stereocenters. The van der Waals surface area contributed by atoms with E-state index < -0.39 is 11.3 Å². The molecule has 1 aromatic carbocycles. The van der Waals surface area contributed by atoms with Crippen LogP contribution in [-0.4, -0.2) is 15.5 Å². The SMILES string of the molecule is Cc1c(C(=O)c2ccccc2Br)c(O)n(C2CCCCC2)c(=O)c1C#N. The summed E-state index contributed by atoms with van der Waals surface area (Å²) in [7, 11) is 0. The van der Waals surface area contributed by atoms with Crippen LogP contribution in [0.15, 0.2) is 33.5 Å². The molecule has 0 aliphatic heterocycles. The van der Waals surface area contributed by atoms with E-state index in [2.05, 4.69) is 15.9 Å². The number of pyridine rings is 1. The lowest BCUT2D eigenvalue weighted by molar-refractivity contribution is 0.103. The first kappa shape index (κ1) is 18.4. The molecule has 5 nitrogen and oxygen atoms in total. The van der Waals surface area contributed by atoms with Gasteiger partial charge in [0.2, 0.25) is 5.88 Å². The van der Waals surface area contributed by atoms with E-state index in [9.17, 15) is 20.0 Å². The van der Waals surface area contributed by atoms with Crippen molar-refractivity contribution in [1.29, 1.82) is 5.26 Å². The fraction of sp³-hybridized carbons (Fsp3) is 0.350. The molecule has 0 spiro atoms. The summed E-state index contributed by atoms with van der Waals surface area (Å²) in [6, 6.07) is 8.64. The van der Waals surface area contributed by atoms with E-state index in [1.807, 2.05) is 6.07 Å². The van der Waals surface area contributed by atoms with Crippen molar-refractivity contribution in [3.05, 3.63) is 61.3 Å². The number of nitrogens with zero attached hydrogens (tertiary/aromatic N) is 2. The number of benzene rings is 1. The fourth-order valence-corrected chi connectivity index (χ4v) is 4.12. The molecule has 3 rings (SSSR count). The summed E-state index contributed by atoms with van der Waals surface area (Å²) < 4.78 is 1.85. The second kappa shape index (κ2) is 7.46. The smallest absolute Gasteiger partial charge is 0.271 e. The predicted octanol–water partition coefficient (Wildman–Crippen LogP) is 4.23. The van der Waals surface area contributed by atoms with Crippen molar-refractivity contribution in [2.75, 3.05) is 0 Å². The topological polar surface area (TPSA) is 83.1 Å². The van der Waals surface area contributed by atoms with Crippen molar-refractivity contribution in [1.82, 2.24) is 4.57 Å². The molecule has 134 valence electrons. The average Bonchev–Trinajstić information content (AvgIpc) is 2.63. The fourth-order valence-electron chi connectivity index (χ4n) is 3.65. The Morgan fingerprint density at radius 3 is 2.54 bits per heavy atom. The third-order valence-corrected chi connectivity index (χ3v) is 5.72. The molecule has 1 fully saturated rings. The number of rotatable bonds is 3. The minimum Gasteiger partial charge on any atom is -0.494 e. The molecule has 0 radical (unpaired) electrons. The number of aromatic hydroxyl groups is 1. The van der Waals surface area contributed by atoms with Gasteiger partial charge in [0, 0.05) is 16.1 Å². The average molecular weight is 415 g/mol. The number of halogens is 1. The van der Waals surface area contributed by atoms with E-state index in [4.69, 9.17) is 0 Å². The van der Waals surface area contributed by atoms with Crippen molar-refractivity contribution in [2.24, 2.45) is 0 Å². The number of hydrogen-bond acceptors (Lipinski definition) is 4. The predicted molar refractivity (Wildman–Crippen MR) is 102 cm³/mol. The van der Waals surface area contributed by atoms with Gasteiger partial charge in [0.25, 0.3) is 5.56 Å². The van der Waals surface area contributed by atoms with Crippen LogP contribution in [0.1, 0.15) is 65.2 Å². The molecule has 1 aliphatic rings. The monoisotopic (exact) mass is 414 g/mol. The van der Waals surface area contributed by atoms with E-state index in [-0.39, 0.29) is 28.6 Å². The zero-order valence-corrected chi connectivity index (χ0v) is 16.0. The number of hydrogen-bond donors (Lipinski definition) is 1. The number of carbonyl (C=O) groups excluding carboxylic acids is 1. The van der Waals surface area contributed by atoms with Crippen LogP contribution in [0, 0.1) is 18.3 Å². The van der Waals surface area contributed by atoms with Crippen LogP contribution in [0.4, 0.5) is 0 Å². The van der Waals surface area contributed by atoms with E-state index in [0.29, 0.717) is 10.0 Å². The highest BCUT2D eigenvalue weighted by Crippen LogP contribution is 2.34. The Labute approximate surface area is 160 Å². The lowest BCUT2D eigenvalue weighted by Crippen LogP contribution is -2.31. The molecule has 0 bridgehead atoms. The number of carbonyl (C=O) groups is 1. The largest absolute Gasteiger partial charge is 0.494 e. The molecular formula is C20H19BrN2O3. The first-order valence-corrected chi connectivity index (χ1v) is 9.44. The number of nitriles is 1. The molecule has 2 aromatic rings. The molecule has 1 aromatic heterocycles. The Morgan fingerprint density at radius 1 is 1.27 bits per heavy atom. The summed E-state index contributed by atoms with van der Waals surface area (Å²) in [5, 5.41) is 20.3. The molecule has 0 saturated heterocycles. The summed E-state index contributed by atoms with van der Waals surface area (Å²) in [6.45, 7) is 1.54. The summed E-state index contributed by atoms with van der Waals surface area (Å²) in [4.78, 5) is 25.9. The van der Waals surface area contributed by atoms with Gasteiger partial charge in [0.15, 0.2) is 5.78 Å².